The van der Waals surface area contributed by atoms with Gasteiger partial charge in [0.15, 0.2) is 0 Å². The monoisotopic (exact) mass is 323 g/mol. The van der Waals surface area contributed by atoms with Crippen LogP contribution in [0.15, 0.2) is 17.0 Å². The molecule has 0 radical (unpaired) electrons. The maximum absolute atomic E-state index is 13.7. The van der Waals surface area contributed by atoms with E-state index in [2.05, 4.69) is 5.32 Å². The summed E-state index contributed by atoms with van der Waals surface area (Å²) in [6, 6.07) is 1.91. The predicted molar refractivity (Wildman–Crippen MR) is 73.0 cm³/mol. The van der Waals surface area contributed by atoms with E-state index < -0.39 is 25.7 Å². The van der Waals surface area contributed by atoms with E-state index in [9.17, 15) is 17.6 Å². The first-order chi connectivity index (χ1) is 9.16. The van der Waals surface area contributed by atoms with Crippen molar-refractivity contribution in [3.63, 3.8) is 0 Å². The molecule has 1 aromatic rings. The fraction of sp³-hybridized carbons (Fsp3) is 0.417. The normalized spacial score (nSPS) is 13.1. The number of nitrogens with one attached hydrogen (secondary N) is 1. The van der Waals surface area contributed by atoms with Crippen LogP contribution in [0.3, 0.4) is 0 Å². The van der Waals surface area contributed by atoms with E-state index in [-0.39, 0.29) is 17.2 Å². The van der Waals surface area contributed by atoms with Gasteiger partial charge in [-0.05, 0) is 31.5 Å². The summed E-state index contributed by atoms with van der Waals surface area (Å²) in [5.41, 5.74) is 0.0438. The Kier molecular flexibility index (Phi) is 5.50. The minimum atomic E-state index is -4.26. The molecule has 1 amide bonds. The van der Waals surface area contributed by atoms with Gasteiger partial charge in [-0.15, -0.1) is 0 Å². The highest BCUT2D eigenvalue weighted by Gasteiger charge is 2.21. The highest BCUT2D eigenvalue weighted by atomic mass is 35.7. The van der Waals surface area contributed by atoms with Crippen molar-refractivity contribution >= 4 is 25.6 Å². The molecule has 0 saturated carbocycles. The van der Waals surface area contributed by atoms with Crippen LogP contribution < -0.4 is 5.32 Å². The first kappa shape index (κ1) is 16.9. The van der Waals surface area contributed by atoms with Crippen LogP contribution in [0.1, 0.15) is 22.8 Å². The molecule has 1 rings (SSSR count). The largest absolute Gasteiger partial charge is 0.383 e. The molecule has 0 aromatic heterocycles. The number of benzene rings is 1. The molecule has 1 unspecified atom stereocenters. The molecule has 0 saturated heterocycles. The van der Waals surface area contributed by atoms with Crippen LogP contribution in [0.4, 0.5) is 4.39 Å². The standard InChI is InChI=1S/C12H15ClFNO4S/c1-7-4-9(12(16)15-8(2)6-19-3)5-10(11(7)14)20(13,17)18/h4-5,8H,6H2,1-3H3,(H,15,16). The molecule has 0 aliphatic carbocycles. The van der Waals surface area contributed by atoms with Crippen LogP contribution in [-0.2, 0) is 13.8 Å². The lowest BCUT2D eigenvalue weighted by molar-refractivity contribution is 0.0905. The second-order valence-corrected chi connectivity index (χ2v) is 6.91. The predicted octanol–water partition coefficient (Wildman–Crippen LogP) is 1.83. The van der Waals surface area contributed by atoms with Crippen LogP contribution in [0.25, 0.3) is 0 Å². The van der Waals surface area contributed by atoms with Gasteiger partial charge in [0.05, 0.1) is 6.61 Å². The Morgan fingerprint density at radius 2 is 2.10 bits per heavy atom. The van der Waals surface area contributed by atoms with Gasteiger partial charge >= 0.3 is 0 Å². The molecule has 112 valence electrons. The van der Waals surface area contributed by atoms with Crippen molar-refractivity contribution in [1.29, 1.82) is 0 Å². The summed E-state index contributed by atoms with van der Waals surface area (Å²) in [5.74, 6) is -1.49. The van der Waals surface area contributed by atoms with Gasteiger partial charge in [-0.3, -0.25) is 4.79 Å². The van der Waals surface area contributed by atoms with Crippen LogP contribution in [0, 0.1) is 12.7 Å². The molecule has 8 heteroatoms. The zero-order chi connectivity index (χ0) is 15.5. The highest BCUT2D eigenvalue weighted by Crippen LogP contribution is 2.23. The van der Waals surface area contributed by atoms with Crippen molar-refractivity contribution in [3.05, 3.63) is 29.1 Å². The molecular weight excluding hydrogens is 309 g/mol. The Morgan fingerprint density at radius 3 is 2.60 bits per heavy atom. The summed E-state index contributed by atoms with van der Waals surface area (Å²) >= 11 is 0. The topological polar surface area (TPSA) is 72.5 Å². The molecule has 1 atom stereocenters. The van der Waals surface area contributed by atoms with Crippen molar-refractivity contribution in [2.24, 2.45) is 0 Å². The van der Waals surface area contributed by atoms with Gasteiger partial charge in [0.1, 0.15) is 10.7 Å². The molecule has 0 spiro atoms. The maximum atomic E-state index is 13.7. The number of amides is 1. The smallest absolute Gasteiger partial charge is 0.264 e. The van der Waals surface area contributed by atoms with Gasteiger partial charge in [0.2, 0.25) is 0 Å². The van der Waals surface area contributed by atoms with E-state index in [4.69, 9.17) is 15.4 Å². The zero-order valence-corrected chi connectivity index (χ0v) is 12.8. The first-order valence-electron chi connectivity index (χ1n) is 5.71. The number of rotatable bonds is 5. The Morgan fingerprint density at radius 1 is 1.50 bits per heavy atom. The number of methoxy groups -OCH3 is 1. The van der Waals surface area contributed by atoms with E-state index >= 15 is 0 Å². The average Bonchev–Trinajstić information content (AvgIpc) is 2.30. The Balaban J connectivity index is 3.15. The lowest BCUT2D eigenvalue weighted by atomic mass is 10.1. The molecule has 1 aromatic carbocycles. The number of carbonyl (C=O) groups is 1. The first-order valence-corrected chi connectivity index (χ1v) is 8.02. The number of hydrogen-bond acceptors (Lipinski definition) is 4. The van der Waals surface area contributed by atoms with Gasteiger partial charge in [0, 0.05) is 29.4 Å². The average molecular weight is 324 g/mol. The van der Waals surface area contributed by atoms with Gasteiger partial charge in [-0.25, -0.2) is 12.8 Å². The molecule has 0 aliphatic rings. The maximum Gasteiger partial charge on any atom is 0.264 e. The van der Waals surface area contributed by atoms with Crippen molar-refractivity contribution in [2.75, 3.05) is 13.7 Å². The number of aryl methyl sites for hydroxylation is 1. The Labute approximate surface area is 121 Å². The molecule has 5 nitrogen and oxygen atoms in total. The Hall–Kier alpha value is -1.18. The van der Waals surface area contributed by atoms with Gasteiger partial charge in [-0.2, -0.15) is 0 Å². The summed E-state index contributed by atoms with van der Waals surface area (Å²) in [5, 5.41) is 2.60. The van der Waals surface area contributed by atoms with E-state index in [1.54, 1.807) is 6.92 Å². The third kappa shape index (κ3) is 4.16. The molecule has 0 aliphatic heterocycles. The molecular formula is C12H15ClFNO4S. The number of halogens is 2. The van der Waals surface area contributed by atoms with Crippen LogP contribution in [0.5, 0.6) is 0 Å². The molecule has 0 fully saturated rings. The summed E-state index contributed by atoms with van der Waals surface area (Å²) in [7, 11) is 2.38. The van der Waals surface area contributed by atoms with Crippen molar-refractivity contribution < 1.29 is 22.3 Å². The molecule has 1 N–H and O–H groups in total. The van der Waals surface area contributed by atoms with Crippen molar-refractivity contribution in [3.8, 4) is 0 Å². The van der Waals surface area contributed by atoms with Gasteiger partial charge in [-0.1, -0.05) is 0 Å². The second-order valence-electron chi connectivity index (χ2n) is 4.37. The van der Waals surface area contributed by atoms with Crippen LogP contribution >= 0.6 is 10.7 Å². The Bertz CT molecular complexity index is 618. The fourth-order valence-corrected chi connectivity index (χ4v) is 2.62. The fourth-order valence-electron chi connectivity index (χ4n) is 1.64. The number of ether oxygens (including phenoxy) is 1. The van der Waals surface area contributed by atoms with Crippen molar-refractivity contribution in [1.82, 2.24) is 5.32 Å². The molecule has 0 bridgehead atoms. The third-order valence-electron chi connectivity index (χ3n) is 2.54. The van der Waals surface area contributed by atoms with E-state index in [0.717, 1.165) is 6.07 Å². The van der Waals surface area contributed by atoms with Gasteiger partial charge < -0.3 is 10.1 Å². The van der Waals surface area contributed by atoms with Gasteiger partial charge in [0.25, 0.3) is 15.0 Å². The number of carbonyl (C=O) groups excluding carboxylic acids is 1. The van der Waals surface area contributed by atoms with Crippen LogP contribution in [0.2, 0.25) is 0 Å². The minimum absolute atomic E-state index is 0.0195. The second kappa shape index (κ2) is 6.51. The summed E-state index contributed by atoms with van der Waals surface area (Å²) in [6.07, 6.45) is 0. The summed E-state index contributed by atoms with van der Waals surface area (Å²) < 4.78 is 41.1. The lowest BCUT2D eigenvalue weighted by Crippen LogP contribution is -2.35. The third-order valence-corrected chi connectivity index (χ3v) is 3.86. The van der Waals surface area contributed by atoms with E-state index in [1.165, 1.54) is 20.1 Å². The van der Waals surface area contributed by atoms with Crippen LogP contribution in [-0.4, -0.2) is 34.1 Å². The molecule has 0 heterocycles. The highest BCUT2D eigenvalue weighted by molar-refractivity contribution is 8.13. The summed E-state index contributed by atoms with van der Waals surface area (Å²) in [4.78, 5) is 11.2. The van der Waals surface area contributed by atoms with E-state index in [1.807, 2.05) is 0 Å². The zero-order valence-electron chi connectivity index (χ0n) is 11.2. The van der Waals surface area contributed by atoms with E-state index in [0.29, 0.717) is 6.61 Å². The molecule has 20 heavy (non-hydrogen) atoms. The summed E-state index contributed by atoms with van der Waals surface area (Å²) in [6.45, 7) is 3.37. The van der Waals surface area contributed by atoms with Crippen molar-refractivity contribution in [2.45, 2.75) is 24.8 Å². The minimum Gasteiger partial charge on any atom is -0.383 e. The number of hydrogen-bond donors (Lipinski definition) is 1. The lowest BCUT2D eigenvalue weighted by Gasteiger charge is -2.13. The quantitative estimate of drug-likeness (QED) is 0.839. The SMILES string of the molecule is COCC(C)NC(=O)c1cc(C)c(F)c(S(=O)(=O)Cl)c1.